The summed E-state index contributed by atoms with van der Waals surface area (Å²) in [5.74, 6) is -0.436. The molecular weight excluding hydrogens is 206 g/mol. The number of hydrogen-bond donors (Lipinski definition) is 1. The number of hydrogen-bond acceptors (Lipinski definition) is 4. The fourth-order valence-electron chi connectivity index (χ4n) is 1.23. The van der Waals surface area contributed by atoms with E-state index in [1.165, 1.54) is 6.92 Å². The highest BCUT2D eigenvalue weighted by molar-refractivity contribution is 5.66. The highest BCUT2D eigenvalue weighted by atomic mass is 16.5. The maximum absolute atomic E-state index is 10.6. The summed E-state index contributed by atoms with van der Waals surface area (Å²) in [6, 6.07) is 8.49. The third kappa shape index (κ3) is 3.07. The third-order valence-corrected chi connectivity index (χ3v) is 2.19. The summed E-state index contributed by atoms with van der Waals surface area (Å²) < 4.78 is 4.76. The molecule has 0 bridgehead atoms. The van der Waals surface area contributed by atoms with E-state index < -0.39 is 11.6 Å². The minimum absolute atomic E-state index is 0.103. The van der Waals surface area contributed by atoms with Crippen LogP contribution in [-0.2, 0) is 15.1 Å². The van der Waals surface area contributed by atoms with Crippen molar-refractivity contribution in [1.82, 2.24) is 0 Å². The largest absolute Gasteiger partial charge is 0.462 e. The summed E-state index contributed by atoms with van der Waals surface area (Å²) in [6.45, 7) is 2.74. The van der Waals surface area contributed by atoms with E-state index >= 15 is 0 Å². The smallest absolute Gasteiger partial charge is 0.302 e. The van der Waals surface area contributed by atoms with Crippen LogP contribution >= 0.6 is 0 Å². The zero-order chi connectivity index (χ0) is 12.2. The van der Waals surface area contributed by atoms with Gasteiger partial charge in [-0.2, -0.15) is 5.26 Å². The molecule has 0 saturated heterocycles. The van der Waals surface area contributed by atoms with Crippen LogP contribution in [0, 0.1) is 11.3 Å². The van der Waals surface area contributed by atoms with Crippen molar-refractivity contribution in [2.75, 3.05) is 6.61 Å². The van der Waals surface area contributed by atoms with Gasteiger partial charge < -0.3 is 9.84 Å². The standard InChI is InChI=1S/C12H13NO3/c1-9(14)16-8-12(2,15)11-5-3-10(7-13)4-6-11/h3-6,15H,8H2,1-2H3. The molecule has 1 rings (SSSR count). The fraction of sp³-hybridized carbons (Fsp3) is 0.333. The Labute approximate surface area is 94.1 Å². The number of aliphatic hydroxyl groups is 1. The van der Waals surface area contributed by atoms with Crippen LogP contribution < -0.4 is 0 Å². The van der Waals surface area contributed by atoms with Crippen molar-refractivity contribution >= 4 is 5.97 Å². The quantitative estimate of drug-likeness (QED) is 0.778. The number of benzene rings is 1. The Balaban J connectivity index is 2.81. The van der Waals surface area contributed by atoms with Gasteiger partial charge in [-0.1, -0.05) is 12.1 Å². The molecule has 4 heteroatoms. The normalized spacial score (nSPS) is 13.6. The van der Waals surface area contributed by atoms with Crippen molar-refractivity contribution in [3.63, 3.8) is 0 Å². The number of carbonyl (C=O) groups excluding carboxylic acids is 1. The lowest BCUT2D eigenvalue weighted by Crippen LogP contribution is -2.28. The van der Waals surface area contributed by atoms with Gasteiger partial charge in [0.2, 0.25) is 0 Å². The average molecular weight is 219 g/mol. The van der Waals surface area contributed by atoms with Gasteiger partial charge in [-0.3, -0.25) is 4.79 Å². The molecule has 1 unspecified atom stereocenters. The molecule has 0 aromatic heterocycles. The van der Waals surface area contributed by atoms with Gasteiger partial charge in [0.1, 0.15) is 12.2 Å². The van der Waals surface area contributed by atoms with Gasteiger partial charge in [-0.25, -0.2) is 0 Å². The van der Waals surface area contributed by atoms with Crippen LogP contribution in [0.25, 0.3) is 0 Å². The van der Waals surface area contributed by atoms with Crippen molar-refractivity contribution in [2.45, 2.75) is 19.4 Å². The molecule has 1 N–H and O–H groups in total. The SMILES string of the molecule is CC(=O)OCC(C)(O)c1ccc(C#N)cc1. The summed E-state index contributed by atoms with van der Waals surface area (Å²) in [5.41, 5.74) is -0.112. The summed E-state index contributed by atoms with van der Waals surface area (Å²) in [7, 11) is 0. The van der Waals surface area contributed by atoms with Crippen molar-refractivity contribution in [1.29, 1.82) is 5.26 Å². The van der Waals surface area contributed by atoms with Gasteiger partial charge in [0.15, 0.2) is 0 Å². The molecule has 1 aromatic carbocycles. The maximum Gasteiger partial charge on any atom is 0.302 e. The molecule has 0 radical (unpaired) electrons. The Morgan fingerprint density at radius 2 is 2.06 bits per heavy atom. The highest BCUT2D eigenvalue weighted by Crippen LogP contribution is 2.21. The van der Waals surface area contributed by atoms with E-state index in [1.54, 1.807) is 31.2 Å². The molecule has 0 amide bonds. The molecular formula is C12H13NO3. The summed E-state index contributed by atoms with van der Waals surface area (Å²) in [6.07, 6.45) is 0. The van der Waals surface area contributed by atoms with E-state index in [2.05, 4.69) is 0 Å². The molecule has 84 valence electrons. The molecule has 0 aliphatic carbocycles. The molecule has 1 aromatic rings. The number of nitriles is 1. The van der Waals surface area contributed by atoms with Crippen LogP contribution in [0.1, 0.15) is 25.0 Å². The monoisotopic (exact) mass is 219 g/mol. The van der Waals surface area contributed by atoms with Gasteiger partial charge in [-0.15, -0.1) is 0 Å². The Kier molecular flexibility index (Phi) is 3.64. The summed E-state index contributed by atoms with van der Waals surface area (Å²) >= 11 is 0. The van der Waals surface area contributed by atoms with E-state index in [0.717, 1.165) is 0 Å². The molecule has 0 fully saturated rings. The third-order valence-electron chi connectivity index (χ3n) is 2.19. The molecule has 0 aliphatic rings. The van der Waals surface area contributed by atoms with E-state index in [1.807, 2.05) is 6.07 Å². The maximum atomic E-state index is 10.6. The number of carbonyl (C=O) groups is 1. The van der Waals surface area contributed by atoms with Crippen molar-refractivity contribution in [3.05, 3.63) is 35.4 Å². The van der Waals surface area contributed by atoms with Crippen LogP contribution in [-0.4, -0.2) is 17.7 Å². The van der Waals surface area contributed by atoms with Crippen LogP contribution in [0.3, 0.4) is 0 Å². The second-order valence-electron chi connectivity index (χ2n) is 3.74. The van der Waals surface area contributed by atoms with Crippen molar-refractivity contribution in [2.24, 2.45) is 0 Å². The number of ether oxygens (including phenoxy) is 1. The zero-order valence-electron chi connectivity index (χ0n) is 9.23. The minimum Gasteiger partial charge on any atom is -0.462 e. The summed E-state index contributed by atoms with van der Waals surface area (Å²) in [4.78, 5) is 10.6. The molecule has 0 spiro atoms. The lowest BCUT2D eigenvalue weighted by Gasteiger charge is -2.23. The van der Waals surface area contributed by atoms with Gasteiger partial charge in [0.05, 0.1) is 11.6 Å². The first kappa shape index (κ1) is 12.2. The Hall–Kier alpha value is -1.86. The highest BCUT2D eigenvalue weighted by Gasteiger charge is 2.24. The molecule has 0 heterocycles. The lowest BCUT2D eigenvalue weighted by atomic mass is 9.96. The van der Waals surface area contributed by atoms with E-state index in [4.69, 9.17) is 10.00 Å². The zero-order valence-corrected chi connectivity index (χ0v) is 9.23. The van der Waals surface area contributed by atoms with Gasteiger partial charge >= 0.3 is 5.97 Å². The second-order valence-corrected chi connectivity index (χ2v) is 3.74. The predicted molar refractivity (Wildman–Crippen MR) is 57.4 cm³/mol. The molecule has 16 heavy (non-hydrogen) atoms. The average Bonchev–Trinajstić information content (AvgIpc) is 2.27. The Morgan fingerprint density at radius 1 is 1.50 bits per heavy atom. The molecule has 0 saturated carbocycles. The van der Waals surface area contributed by atoms with Crippen LogP contribution in [0.2, 0.25) is 0 Å². The summed E-state index contributed by atoms with van der Waals surface area (Å²) in [5, 5.41) is 18.7. The van der Waals surface area contributed by atoms with Crippen LogP contribution in [0.15, 0.2) is 24.3 Å². The van der Waals surface area contributed by atoms with Gasteiger partial charge in [-0.05, 0) is 24.6 Å². The van der Waals surface area contributed by atoms with Gasteiger partial charge in [0.25, 0.3) is 0 Å². The van der Waals surface area contributed by atoms with E-state index in [0.29, 0.717) is 11.1 Å². The first-order chi connectivity index (χ1) is 7.45. The number of rotatable bonds is 3. The van der Waals surface area contributed by atoms with Crippen molar-refractivity contribution in [3.8, 4) is 6.07 Å². The number of esters is 1. The number of nitrogens with zero attached hydrogens (tertiary/aromatic N) is 1. The second kappa shape index (κ2) is 4.77. The van der Waals surface area contributed by atoms with E-state index in [9.17, 15) is 9.90 Å². The lowest BCUT2D eigenvalue weighted by molar-refractivity contribution is -0.148. The predicted octanol–water partition coefficient (Wildman–Crippen LogP) is 1.33. The molecule has 4 nitrogen and oxygen atoms in total. The molecule has 1 atom stereocenters. The van der Waals surface area contributed by atoms with Crippen molar-refractivity contribution < 1.29 is 14.6 Å². The first-order valence-corrected chi connectivity index (χ1v) is 4.82. The van der Waals surface area contributed by atoms with E-state index in [-0.39, 0.29) is 6.61 Å². The van der Waals surface area contributed by atoms with Crippen LogP contribution in [0.4, 0.5) is 0 Å². The topological polar surface area (TPSA) is 70.3 Å². The van der Waals surface area contributed by atoms with Gasteiger partial charge in [0, 0.05) is 6.92 Å². The first-order valence-electron chi connectivity index (χ1n) is 4.82. The fourth-order valence-corrected chi connectivity index (χ4v) is 1.23. The molecule has 0 aliphatic heterocycles. The Morgan fingerprint density at radius 3 is 2.50 bits per heavy atom. The minimum atomic E-state index is -1.24. The van der Waals surface area contributed by atoms with Crippen LogP contribution in [0.5, 0.6) is 0 Å². The Bertz CT molecular complexity index is 415.